The van der Waals surface area contributed by atoms with Crippen LogP contribution < -0.4 is 21.1 Å². The molecule has 4 rings (SSSR count). The van der Waals surface area contributed by atoms with E-state index in [1.54, 1.807) is 12.1 Å². The lowest BCUT2D eigenvalue weighted by Gasteiger charge is -2.39. The molecule has 1 saturated heterocycles. The number of nitrogens with zero attached hydrogens (tertiary/aromatic N) is 2. The number of nitrogens with one attached hydrogen (secondary N) is 3. The molecule has 0 aliphatic carbocycles. The van der Waals surface area contributed by atoms with Crippen molar-refractivity contribution in [1.29, 1.82) is 0 Å². The summed E-state index contributed by atoms with van der Waals surface area (Å²) in [6.07, 6.45) is 3.03. The first-order chi connectivity index (χ1) is 15.2. The maximum atomic E-state index is 13.1. The third-order valence-corrected chi connectivity index (χ3v) is 6.34. The predicted octanol–water partition coefficient (Wildman–Crippen LogP) is 2.81. The van der Waals surface area contributed by atoms with Crippen LogP contribution in [0.2, 0.25) is 0 Å². The number of carbonyl (C=O) groups excluding carboxylic acids is 2. The van der Waals surface area contributed by atoms with E-state index in [1.165, 1.54) is 0 Å². The number of allylic oxidation sites excluding steroid dienone is 1. The minimum Gasteiger partial charge on any atom is -0.412 e. The molecule has 5 N–H and O–H groups in total. The predicted molar refractivity (Wildman–Crippen MR) is 129 cm³/mol. The van der Waals surface area contributed by atoms with Gasteiger partial charge in [-0.25, -0.2) is 0 Å². The van der Waals surface area contributed by atoms with E-state index in [-0.39, 0.29) is 41.3 Å². The van der Waals surface area contributed by atoms with Crippen molar-refractivity contribution in [1.82, 2.24) is 9.97 Å². The van der Waals surface area contributed by atoms with Gasteiger partial charge in [-0.2, -0.15) is 4.98 Å². The van der Waals surface area contributed by atoms with Crippen LogP contribution in [0.4, 0.5) is 17.5 Å². The van der Waals surface area contributed by atoms with Crippen molar-refractivity contribution >= 4 is 34.8 Å². The van der Waals surface area contributed by atoms with Crippen LogP contribution >= 0.6 is 0 Å². The lowest BCUT2D eigenvalue weighted by molar-refractivity contribution is -0.123. The molecule has 0 radical (unpaired) electrons. The fraction of sp³-hybridized carbons (Fsp3) is 0.417. The Hall–Kier alpha value is -3.46. The maximum absolute atomic E-state index is 13.1. The highest BCUT2D eigenvalue weighted by Gasteiger charge is 2.36. The van der Waals surface area contributed by atoms with Crippen LogP contribution in [-0.2, 0) is 9.59 Å². The fourth-order valence-corrected chi connectivity index (χ4v) is 4.61. The van der Waals surface area contributed by atoms with Crippen molar-refractivity contribution in [2.45, 2.75) is 64.5 Å². The molecule has 2 aromatic rings. The summed E-state index contributed by atoms with van der Waals surface area (Å²) in [4.78, 5) is 48.0. The Bertz CT molecular complexity index is 1110. The summed E-state index contributed by atoms with van der Waals surface area (Å²) >= 11 is 0. The molecule has 9 heteroatoms. The average Bonchev–Trinajstić information content (AvgIpc) is 2.73. The van der Waals surface area contributed by atoms with E-state index in [1.807, 2.05) is 19.1 Å². The summed E-state index contributed by atoms with van der Waals surface area (Å²) in [7, 11) is 0. The molecule has 2 aliphatic heterocycles. The minimum absolute atomic E-state index is 0. The topological polar surface area (TPSA) is 139 Å². The van der Waals surface area contributed by atoms with Crippen molar-refractivity contribution in [2.75, 3.05) is 15.5 Å². The molecular formula is C24H31N5O4. The van der Waals surface area contributed by atoms with Crippen LogP contribution in [0.1, 0.15) is 63.5 Å². The van der Waals surface area contributed by atoms with Gasteiger partial charge < -0.3 is 21.0 Å². The van der Waals surface area contributed by atoms with Gasteiger partial charge in [0.2, 0.25) is 17.8 Å². The van der Waals surface area contributed by atoms with E-state index in [2.05, 4.69) is 45.9 Å². The van der Waals surface area contributed by atoms with E-state index in [0.717, 1.165) is 30.4 Å². The number of hydrogen-bond acceptors (Lipinski definition) is 5. The third kappa shape index (κ3) is 4.83. The standard InChI is InChI=1S/C24H29N5O3.H2O/c1-13(2)16-8-10-17(11-9-16)25-22(31)18-12-19(30)26-21-20(18)23(32)28-24(27-21)29-14(3)6-5-7-15(29)4;/h8-11,14-15,18H,1,5-7,12H2,2-4H3,(H,25,31)(H2,26,27,28,30,32);1H2. The van der Waals surface area contributed by atoms with Crippen molar-refractivity contribution < 1.29 is 15.1 Å². The molecule has 3 heterocycles. The fourth-order valence-electron chi connectivity index (χ4n) is 4.61. The molecule has 1 aromatic heterocycles. The molecular weight excluding hydrogens is 422 g/mol. The number of piperidine rings is 1. The third-order valence-electron chi connectivity index (χ3n) is 6.34. The monoisotopic (exact) mass is 453 g/mol. The Morgan fingerprint density at radius 1 is 1.15 bits per heavy atom. The summed E-state index contributed by atoms with van der Waals surface area (Å²) in [5.74, 6) is -1.06. The van der Waals surface area contributed by atoms with Crippen molar-refractivity contribution in [2.24, 2.45) is 0 Å². The van der Waals surface area contributed by atoms with Gasteiger partial charge in [0.25, 0.3) is 5.56 Å². The Morgan fingerprint density at radius 2 is 1.79 bits per heavy atom. The van der Waals surface area contributed by atoms with E-state index in [4.69, 9.17) is 0 Å². The first-order valence-electron chi connectivity index (χ1n) is 11.0. The number of aromatic nitrogens is 2. The van der Waals surface area contributed by atoms with Gasteiger partial charge in [0.15, 0.2) is 0 Å². The summed E-state index contributed by atoms with van der Waals surface area (Å²) in [5.41, 5.74) is 2.28. The van der Waals surface area contributed by atoms with Gasteiger partial charge in [0, 0.05) is 24.2 Å². The number of amides is 2. The number of benzene rings is 1. The lowest BCUT2D eigenvalue weighted by atomic mass is 9.92. The lowest BCUT2D eigenvalue weighted by Crippen LogP contribution is -2.46. The molecule has 3 unspecified atom stereocenters. The number of fused-ring (bicyclic) bond motifs is 1. The van der Waals surface area contributed by atoms with Crippen LogP contribution in [0.3, 0.4) is 0 Å². The minimum atomic E-state index is -0.916. The smallest absolute Gasteiger partial charge is 0.258 e. The van der Waals surface area contributed by atoms with Gasteiger partial charge in [0.05, 0.1) is 11.5 Å². The molecule has 3 atom stereocenters. The first-order valence-corrected chi connectivity index (χ1v) is 11.0. The summed E-state index contributed by atoms with van der Waals surface area (Å²) < 4.78 is 0. The van der Waals surface area contributed by atoms with Gasteiger partial charge >= 0.3 is 0 Å². The second kappa shape index (κ2) is 9.58. The van der Waals surface area contributed by atoms with Crippen LogP contribution in [0.25, 0.3) is 5.57 Å². The maximum Gasteiger partial charge on any atom is 0.258 e. The SMILES string of the molecule is C=C(C)c1ccc(NC(=O)C2CC(=O)Nc3nc(N4C(C)CCCC4C)[nH]c(=O)c32)cc1.O. The molecule has 33 heavy (non-hydrogen) atoms. The Kier molecular flexibility index (Phi) is 7.02. The zero-order chi connectivity index (χ0) is 23.0. The number of aromatic amines is 1. The van der Waals surface area contributed by atoms with Crippen LogP contribution in [0.15, 0.2) is 35.6 Å². The van der Waals surface area contributed by atoms with Crippen LogP contribution in [-0.4, -0.2) is 39.3 Å². The molecule has 2 amide bonds. The second-order valence-corrected chi connectivity index (χ2v) is 8.84. The highest BCUT2D eigenvalue weighted by Crippen LogP contribution is 2.32. The Labute approximate surface area is 192 Å². The molecule has 0 bridgehead atoms. The van der Waals surface area contributed by atoms with E-state index in [9.17, 15) is 14.4 Å². The molecule has 0 spiro atoms. The van der Waals surface area contributed by atoms with Gasteiger partial charge in [-0.3, -0.25) is 19.4 Å². The number of rotatable bonds is 4. The summed E-state index contributed by atoms with van der Waals surface area (Å²) in [6, 6.07) is 7.72. The number of H-pyrrole nitrogens is 1. The quantitative estimate of drug-likeness (QED) is 0.653. The Morgan fingerprint density at radius 3 is 2.39 bits per heavy atom. The average molecular weight is 454 g/mol. The number of anilines is 3. The van der Waals surface area contributed by atoms with E-state index in [0.29, 0.717) is 11.6 Å². The van der Waals surface area contributed by atoms with Gasteiger partial charge in [-0.1, -0.05) is 24.3 Å². The Balaban J connectivity index is 0.00000306. The highest BCUT2D eigenvalue weighted by atomic mass is 16.2. The summed E-state index contributed by atoms with van der Waals surface area (Å²) in [5, 5.41) is 5.51. The van der Waals surface area contributed by atoms with E-state index >= 15 is 0 Å². The van der Waals surface area contributed by atoms with Gasteiger partial charge in [-0.15, -0.1) is 0 Å². The van der Waals surface area contributed by atoms with Crippen molar-refractivity contribution in [3.8, 4) is 0 Å². The number of carbonyl (C=O) groups is 2. The molecule has 1 fully saturated rings. The molecule has 9 nitrogen and oxygen atoms in total. The largest absolute Gasteiger partial charge is 0.412 e. The first kappa shape index (κ1) is 24.2. The van der Waals surface area contributed by atoms with Crippen LogP contribution in [0, 0.1) is 0 Å². The summed E-state index contributed by atoms with van der Waals surface area (Å²) in [6.45, 7) is 10.0. The second-order valence-electron chi connectivity index (χ2n) is 8.84. The normalized spacial score (nSPS) is 22.0. The van der Waals surface area contributed by atoms with Crippen molar-refractivity contribution in [3.05, 3.63) is 52.3 Å². The molecule has 2 aliphatic rings. The van der Waals surface area contributed by atoms with Gasteiger partial charge in [0.1, 0.15) is 5.82 Å². The van der Waals surface area contributed by atoms with Crippen LogP contribution in [0.5, 0.6) is 0 Å². The van der Waals surface area contributed by atoms with Crippen molar-refractivity contribution in [3.63, 3.8) is 0 Å². The van der Waals surface area contributed by atoms with E-state index < -0.39 is 17.4 Å². The zero-order valence-corrected chi connectivity index (χ0v) is 19.2. The molecule has 0 saturated carbocycles. The van der Waals surface area contributed by atoms with Gasteiger partial charge in [-0.05, 0) is 57.7 Å². The molecule has 1 aromatic carbocycles. The zero-order valence-electron chi connectivity index (χ0n) is 19.2. The molecule has 176 valence electrons. The highest BCUT2D eigenvalue weighted by molar-refractivity contribution is 6.04. The number of hydrogen-bond donors (Lipinski definition) is 3.